The number of nitrogens with one attached hydrogen (secondary N) is 2. The molecule has 8 rings (SSSR count). The highest BCUT2D eigenvalue weighted by atomic mass is 35.5. The van der Waals surface area contributed by atoms with Gasteiger partial charge in [-0.3, -0.25) is 4.79 Å². The average Bonchev–Trinajstić information content (AvgIpc) is 3.43. The van der Waals surface area contributed by atoms with Crippen LogP contribution in [-0.4, -0.2) is 64.5 Å². The normalized spacial score (nSPS) is 27.7. The summed E-state index contributed by atoms with van der Waals surface area (Å²) in [6.07, 6.45) is 5.86. The van der Waals surface area contributed by atoms with Crippen LogP contribution in [0.3, 0.4) is 0 Å². The van der Waals surface area contributed by atoms with E-state index in [0.717, 1.165) is 41.4 Å². The molecule has 49 heavy (non-hydrogen) atoms. The van der Waals surface area contributed by atoms with E-state index in [9.17, 15) is 19.2 Å². The van der Waals surface area contributed by atoms with Crippen molar-refractivity contribution in [2.45, 2.75) is 89.4 Å². The number of alkyl halides is 1. The zero-order valence-corrected chi connectivity index (χ0v) is 29.2. The highest BCUT2D eigenvalue weighted by molar-refractivity contribution is 6.27. The minimum atomic E-state index is -0.884. The third-order valence-corrected chi connectivity index (χ3v) is 11.2. The third kappa shape index (κ3) is 6.28. The van der Waals surface area contributed by atoms with Gasteiger partial charge in [0.05, 0.1) is 13.2 Å². The molecule has 3 aromatic rings. The van der Waals surface area contributed by atoms with Crippen LogP contribution >= 0.6 is 11.6 Å². The number of methoxy groups -OCH3 is 1. The van der Waals surface area contributed by atoms with Crippen LogP contribution in [0.15, 0.2) is 48.5 Å². The number of amides is 2. The maximum absolute atomic E-state index is 14.1. The number of hydrogen-bond donors (Lipinski definition) is 2. The number of halogens is 1. The van der Waals surface area contributed by atoms with Crippen molar-refractivity contribution in [1.82, 2.24) is 15.2 Å². The molecule has 260 valence electrons. The lowest BCUT2D eigenvalue weighted by Crippen LogP contribution is -2.61. The zero-order valence-electron chi connectivity index (χ0n) is 28.4. The number of ether oxygens (including phenoxy) is 3. The first-order chi connectivity index (χ1) is 23.4. The van der Waals surface area contributed by atoms with Crippen molar-refractivity contribution < 1.29 is 33.4 Å². The van der Waals surface area contributed by atoms with Gasteiger partial charge in [-0.15, -0.1) is 11.6 Å². The average molecular weight is 690 g/mol. The quantitative estimate of drug-likeness (QED) is 0.166. The Kier molecular flexibility index (Phi) is 8.66. The molecular formula is C38H44ClN3O7. The number of carbonyl (C=O) groups excluding carboxylic acids is 4. The van der Waals surface area contributed by atoms with E-state index in [0.29, 0.717) is 29.1 Å². The van der Waals surface area contributed by atoms with Crippen LogP contribution in [0.25, 0.3) is 10.9 Å². The second-order valence-corrected chi connectivity index (χ2v) is 15.8. The predicted octanol–water partition coefficient (Wildman–Crippen LogP) is 6.44. The van der Waals surface area contributed by atoms with Crippen LogP contribution < -0.4 is 10.1 Å². The van der Waals surface area contributed by atoms with Gasteiger partial charge in [-0.05, 0) is 106 Å². The van der Waals surface area contributed by atoms with Crippen molar-refractivity contribution in [2.24, 2.45) is 23.2 Å². The number of alkyl carbamates (subject to hydrolysis) is 1. The number of carbonyl (C=O) groups is 4. The Balaban J connectivity index is 1.20. The molecule has 2 amide bonds. The van der Waals surface area contributed by atoms with Gasteiger partial charge in [-0.25, -0.2) is 14.4 Å². The highest BCUT2D eigenvalue weighted by Gasteiger charge is 2.57. The second kappa shape index (κ2) is 12.7. The van der Waals surface area contributed by atoms with Crippen LogP contribution in [0.4, 0.5) is 4.79 Å². The molecule has 2 aromatic carbocycles. The molecule has 0 radical (unpaired) electrons. The van der Waals surface area contributed by atoms with Crippen LogP contribution in [0.5, 0.6) is 5.75 Å². The lowest BCUT2D eigenvalue weighted by atomic mass is 9.47. The lowest BCUT2D eigenvalue weighted by molar-refractivity contribution is -0.154. The second-order valence-electron chi connectivity index (χ2n) is 15.5. The SMILES string of the molecule is COC(=O)[C@H]1Cc2c([nH]c3ccccc23)[C@H](c2ccc(OC(=O)[C@@H](NC(=O)OC(C)(C)C)C34CC5C[C@H](C3)C[C@@H](C5)C4)cc2)N1C(=O)CCl. The molecule has 1 aliphatic heterocycles. The smallest absolute Gasteiger partial charge is 0.408 e. The van der Waals surface area contributed by atoms with Crippen LogP contribution in [0.1, 0.15) is 82.2 Å². The van der Waals surface area contributed by atoms with Gasteiger partial charge >= 0.3 is 18.0 Å². The molecule has 11 heteroatoms. The summed E-state index contributed by atoms with van der Waals surface area (Å²) in [5.74, 6) is 0.205. The summed E-state index contributed by atoms with van der Waals surface area (Å²) in [6.45, 7) is 5.39. The molecule has 0 saturated heterocycles. The molecule has 4 bridgehead atoms. The van der Waals surface area contributed by atoms with Gasteiger partial charge in [-0.2, -0.15) is 0 Å². The molecule has 5 aliphatic rings. The molecule has 4 saturated carbocycles. The number of nitrogens with zero attached hydrogens (tertiary/aromatic N) is 1. The Labute approximate surface area is 291 Å². The van der Waals surface area contributed by atoms with E-state index < -0.39 is 47.7 Å². The number of fused-ring (bicyclic) bond motifs is 3. The van der Waals surface area contributed by atoms with Crippen molar-refractivity contribution in [1.29, 1.82) is 0 Å². The molecule has 10 nitrogen and oxygen atoms in total. The largest absolute Gasteiger partial charge is 0.467 e. The fourth-order valence-electron chi connectivity index (χ4n) is 9.64. The van der Waals surface area contributed by atoms with Crippen LogP contribution in [0.2, 0.25) is 0 Å². The van der Waals surface area contributed by atoms with Crippen molar-refractivity contribution in [2.75, 3.05) is 13.0 Å². The number of hydrogen-bond acceptors (Lipinski definition) is 7. The van der Waals surface area contributed by atoms with Crippen molar-refractivity contribution in [3.63, 3.8) is 0 Å². The number of esters is 2. The predicted molar refractivity (Wildman–Crippen MR) is 183 cm³/mol. The van der Waals surface area contributed by atoms with Crippen LogP contribution in [-0.2, 0) is 30.3 Å². The third-order valence-electron chi connectivity index (χ3n) is 11.0. The molecule has 2 heterocycles. The molecule has 0 unspecified atom stereocenters. The fourth-order valence-corrected chi connectivity index (χ4v) is 9.78. The Bertz CT molecular complexity index is 1740. The topological polar surface area (TPSA) is 127 Å². The fraction of sp³-hybridized carbons (Fsp3) is 0.526. The monoisotopic (exact) mass is 689 g/mol. The summed E-state index contributed by atoms with van der Waals surface area (Å²) in [4.78, 5) is 58.6. The summed E-state index contributed by atoms with van der Waals surface area (Å²) >= 11 is 6.10. The molecule has 4 aliphatic carbocycles. The minimum Gasteiger partial charge on any atom is -0.467 e. The summed E-state index contributed by atoms with van der Waals surface area (Å²) in [7, 11) is 1.31. The maximum atomic E-state index is 14.1. The maximum Gasteiger partial charge on any atom is 0.408 e. The van der Waals surface area contributed by atoms with Crippen molar-refractivity contribution >= 4 is 46.4 Å². The van der Waals surface area contributed by atoms with Gasteiger partial charge in [0.2, 0.25) is 5.91 Å². The molecule has 2 N–H and O–H groups in total. The molecule has 3 atom stereocenters. The standard InChI is InChI=1S/C38H44ClN3O7/c1-37(2,3)49-36(46)41-33(38-17-21-13-22(18-38)15-23(14-21)19-38)35(45)48-25-11-9-24(10-12-25)32-31-27(26-7-5-6-8-28(26)40-31)16-29(34(44)47-4)42(32)30(43)20-39/h5-12,21-23,29,32-33,40H,13-20H2,1-4H3,(H,41,46)/t21-,22+,23?,29-,32+,33-,38?/m1/s1. The Morgan fingerprint density at radius 2 is 1.61 bits per heavy atom. The Morgan fingerprint density at radius 3 is 2.20 bits per heavy atom. The van der Waals surface area contributed by atoms with E-state index in [-0.39, 0.29) is 17.7 Å². The number of aromatic amines is 1. The number of para-hydroxylation sites is 1. The number of H-pyrrole nitrogens is 1. The number of aromatic nitrogens is 1. The Hall–Kier alpha value is -4.05. The first kappa shape index (κ1) is 33.4. The van der Waals surface area contributed by atoms with Gasteiger partial charge in [0.1, 0.15) is 29.3 Å². The van der Waals surface area contributed by atoms with Crippen molar-refractivity contribution in [3.8, 4) is 5.75 Å². The van der Waals surface area contributed by atoms with Gasteiger partial charge in [0.25, 0.3) is 0 Å². The van der Waals surface area contributed by atoms with E-state index >= 15 is 0 Å². The van der Waals surface area contributed by atoms with E-state index in [1.807, 2.05) is 24.3 Å². The number of benzene rings is 2. The van der Waals surface area contributed by atoms with E-state index in [1.54, 1.807) is 45.0 Å². The van der Waals surface area contributed by atoms with Gasteiger partial charge in [-0.1, -0.05) is 30.3 Å². The summed E-state index contributed by atoms with van der Waals surface area (Å²) < 4.78 is 16.8. The molecule has 1 aromatic heterocycles. The molecule has 4 fully saturated rings. The lowest BCUT2D eigenvalue weighted by Gasteiger charge is -2.58. The van der Waals surface area contributed by atoms with Gasteiger partial charge in [0.15, 0.2) is 0 Å². The summed E-state index contributed by atoms with van der Waals surface area (Å²) in [5.41, 5.74) is 2.21. The summed E-state index contributed by atoms with van der Waals surface area (Å²) in [5, 5.41) is 3.91. The van der Waals surface area contributed by atoms with Crippen molar-refractivity contribution in [3.05, 3.63) is 65.4 Å². The first-order valence-corrected chi connectivity index (χ1v) is 17.8. The zero-order chi connectivity index (χ0) is 34.7. The van der Waals surface area contributed by atoms with Crippen LogP contribution in [0, 0.1) is 23.2 Å². The number of rotatable bonds is 7. The Morgan fingerprint density at radius 1 is 0.980 bits per heavy atom. The van der Waals surface area contributed by atoms with E-state index in [1.165, 1.54) is 31.3 Å². The minimum absolute atomic E-state index is 0.275. The van der Waals surface area contributed by atoms with E-state index in [2.05, 4.69) is 10.3 Å². The van der Waals surface area contributed by atoms with Gasteiger partial charge in [0, 0.05) is 28.4 Å². The molecular weight excluding hydrogens is 646 g/mol. The first-order valence-electron chi connectivity index (χ1n) is 17.2. The van der Waals surface area contributed by atoms with E-state index in [4.69, 9.17) is 25.8 Å². The summed E-state index contributed by atoms with van der Waals surface area (Å²) in [6, 6.07) is 12.4. The molecule has 0 spiro atoms. The highest BCUT2D eigenvalue weighted by Crippen LogP contribution is 2.61. The van der Waals surface area contributed by atoms with Gasteiger partial charge < -0.3 is 29.4 Å².